The number of rotatable bonds is 10. The molecule has 3 aromatic rings. The lowest BCUT2D eigenvalue weighted by molar-refractivity contribution is -0.116. The Morgan fingerprint density at radius 2 is 1.79 bits per heavy atom. The predicted octanol–water partition coefficient (Wildman–Crippen LogP) is 5.83. The van der Waals surface area contributed by atoms with E-state index in [4.69, 9.17) is 9.97 Å². The summed E-state index contributed by atoms with van der Waals surface area (Å²) in [5.41, 5.74) is 6.59. The molecule has 1 amide bonds. The average molecular weight is 460 g/mol. The highest BCUT2D eigenvalue weighted by Crippen LogP contribution is 2.33. The van der Waals surface area contributed by atoms with E-state index in [1.165, 1.54) is 47.7 Å². The number of nitrogens with zero attached hydrogens (tertiary/aromatic N) is 2. The van der Waals surface area contributed by atoms with Gasteiger partial charge in [0.1, 0.15) is 0 Å². The van der Waals surface area contributed by atoms with E-state index in [9.17, 15) is 4.79 Å². The molecule has 1 N–H and O–H groups in total. The number of amides is 1. The van der Waals surface area contributed by atoms with Crippen molar-refractivity contribution in [1.29, 1.82) is 0 Å². The maximum Gasteiger partial charge on any atom is 0.225 e. The van der Waals surface area contributed by atoms with Crippen molar-refractivity contribution < 1.29 is 4.79 Å². The predicted molar refractivity (Wildman–Crippen MR) is 140 cm³/mol. The molecule has 4 rings (SSSR count). The van der Waals surface area contributed by atoms with Crippen LogP contribution in [0.15, 0.2) is 48.5 Å². The van der Waals surface area contributed by atoms with Gasteiger partial charge in [-0.25, -0.2) is 9.97 Å². The molecule has 1 aliphatic rings. The number of aromatic nitrogens is 2. The number of carbonyl (C=O) groups is 1. The van der Waals surface area contributed by atoms with Crippen LogP contribution in [0.5, 0.6) is 0 Å². The van der Waals surface area contributed by atoms with Gasteiger partial charge in [-0.3, -0.25) is 4.79 Å². The number of unbranched alkanes of at least 4 members (excludes halogenated alkanes) is 4. The fourth-order valence-corrected chi connectivity index (χ4v) is 4.76. The first-order chi connectivity index (χ1) is 16.1. The van der Waals surface area contributed by atoms with E-state index in [1.54, 1.807) is 0 Å². The second-order valence-electron chi connectivity index (χ2n) is 8.93. The summed E-state index contributed by atoms with van der Waals surface area (Å²) in [7, 11) is 2.78. The number of carbonyl (C=O) groups excluding carboxylic acids is 1. The van der Waals surface area contributed by atoms with Crippen molar-refractivity contribution in [3.63, 3.8) is 0 Å². The number of aryl methyl sites for hydroxylation is 4. The zero-order chi connectivity index (χ0) is 23.0. The lowest BCUT2D eigenvalue weighted by Crippen LogP contribution is -2.19. The lowest BCUT2D eigenvalue weighted by Gasteiger charge is -2.21. The zero-order valence-corrected chi connectivity index (χ0v) is 20.7. The topological polar surface area (TPSA) is 54.9 Å². The Hall–Kier alpha value is -2.58. The average Bonchev–Trinajstić information content (AvgIpc) is 2.83. The van der Waals surface area contributed by atoms with Crippen molar-refractivity contribution in [3.05, 3.63) is 71.0 Å². The molecule has 33 heavy (non-hydrogen) atoms. The molecular weight excluding hydrogens is 425 g/mol. The molecule has 172 valence electrons. The summed E-state index contributed by atoms with van der Waals surface area (Å²) < 4.78 is 0. The highest BCUT2D eigenvalue weighted by Gasteiger charge is 2.22. The second kappa shape index (κ2) is 11.5. The van der Waals surface area contributed by atoms with Crippen LogP contribution in [-0.2, 0) is 30.5 Å². The molecule has 1 atom stereocenters. The first-order valence-corrected chi connectivity index (χ1v) is 12.8. The van der Waals surface area contributed by atoms with Gasteiger partial charge in [0.15, 0.2) is 5.82 Å². The minimum absolute atomic E-state index is 0.00388. The van der Waals surface area contributed by atoms with Crippen LogP contribution in [-0.4, -0.2) is 15.9 Å². The Labute approximate surface area is 199 Å². The second-order valence-corrected chi connectivity index (χ2v) is 9.60. The van der Waals surface area contributed by atoms with Gasteiger partial charge in [0.05, 0.1) is 17.1 Å². The molecule has 0 spiro atoms. The van der Waals surface area contributed by atoms with Gasteiger partial charge in [-0.05, 0) is 48.5 Å². The van der Waals surface area contributed by atoms with Gasteiger partial charge in [-0.2, -0.15) is 0 Å². The molecule has 0 fully saturated rings. The molecular formula is C28H34N3OP. The molecule has 0 saturated carbocycles. The Morgan fingerprint density at radius 3 is 2.61 bits per heavy atom. The highest BCUT2D eigenvalue weighted by molar-refractivity contribution is 7.27. The van der Waals surface area contributed by atoms with Gasteiger partial charge in [0.2, 0.25) is 5.91 Å². The Bertz CT molecular complexity index is 1100. The summed E-state index contributed by atoms with van der Waals surface area (Å²) in [5.74, 6) is 0.664. The van der Waals surface area contributed by atoms with Crippen LogP contribution >= 0.6 is 9.24 Å². The van der Waals surface area contributed by atoms with Gasteiger partial charge >= 0.3 is 0 Å². The van der Waals surface area contributed by atoms with Gasteiger partial charge in [-0.15, -0.1) is 9.24 Å². The summed E-state index contributed by atoms with van der Waals surface area (Å²) in [4.78, 5) is 22.8. The quantitative estimate of drug-likeness (QED) is 0.307. The summed E-state index contributed by atoms with van der Waals surface area (Å²) >= 11 is 0. The normalized spacial score (nSPS) is 12.2. The van der Waals surface area contributed by atoms with E-state index in [-0.39, 0.29) is 5.91 Å². The first kappa shape index (κ1) is 23.6. The Balaban J connectivity index is 1.54. The van der Waals surface area contributed by atoms with Gasteiger partial charge < -0.3 is 5.32 Å². The van der Waals surface area contributed by atoms with E-state index < -0.39 is 0 Å². The minimum atomic E-state index is 0.00388. The molecule has 4 nitrogen and oxygen atoms in total. The van der Waals surface area contributed by atoms with E-state index in [1.807, 2.05) is 18.2 Å². The lowest BCUT2D eigenvalue weighted by atomic mass is 9.91. The summed E-state index contributed by atoms with van der Waals surface area (Å²) in [6.07, 6.45) is 9.81. The molecule has 1 aliphatic carbocycles. The highest BCUT2D eigenvalue weighted by atomic mass is 31.0. The summed E-state index contributed by atoms with van der Waals surface area (Å²) in [5, 5.41) is 4.30. The first-order valence-electron chi connectivity index (χ1n) is 12.3. The fraction of sp³-hybridized carbons (Fsp3) is 0.393. The molecule has 0 radical (unpaired) electrons. The monoisotopic (exact) mass is 459 g/mol. The molecule has 0 bridgehead atoms. The van der Waals surface area contributed by atoms with Gasteiger partial charge in [0.25, 0.3) is 0 Å². The molecule has 5 heteroatoms. The van der Waals surface area contributed by atoms with Crippen molar-refractivity contribution in [2.45, 2.75) is 71.1 Å². The van der Waals surface area contributed by atoms with E-state index >= 15 is 0 Å². The largest absolute Gasteiger partial charge is 0.309 e. The molecule has 2 aromatic carbocycles. The number of nitrogens with one attached hydrogen (secondary N) is 1. The molecule has 0 aliphatic heterocycles. The summed E-state index contributed by atoms with van der Waals surface area (Å²) in [6, 6.07) is 16.6. The Kier molecular flexibility index (Phi) is 8.23. The van der Waals surface area contributed by atoms with Crippen LogP contribution in [0.1, 0.15) is 68.0 Å². The van der Waals surface area contributed by atoms with Crippen molar-refractivity contribution in [2.24, 2.45) is 0 Å². The van der Waals surface area contributed by atoms with Crippen molar-refractivity contribution in [3.8, 4) is 11.3 Å². The van der Waals surface area contributed by atoms with Crippen molar-refractivity contribution in [2.75, 3.05) is 5.32 Å². The van der Waals surface area contributed by atoms with Gasteiger partial charge in [-0.1, -0.05) is 81.1 Å². The maximum atomic E-state index is 12.8. The van der Waals surface area contributed by atoms with Gasteiger partial charge in [0, 0.05) is 12.0 Å². The molecule has 0 saturated heterocycles. The standard InChI is InChI=1S/C28H34N3OP/c1-2-3-4-5-9-12-25-28(31-26(32)18-13-20-10-7-6-8-11-20)30-24-17-14-21-19-22(33)15-16-23(21)27(24)29-25/h6-8,10-11,15-16,19H,2-5,9,12-14,17-18,33H2,1H3,(H,30,31,32). The number of hydrogen-bond donors (Lipinski definition) is 1. The molecule has 1 aromatic heterocycles. The van der Waals surface area contributed by atoms with E-state index in [0.29, 0.717) is 12.2 Å². The molecule has 1 heterocycles. The minimum Gasteiger partial charge on any atom is -0.309 e. The zero-order valence-electron chi connectivity index (χ0n) is 19.6. The SMILES string of the molecule is CCCCCCCc1nc2c(nc1NC(=O)CCc1ccccc1)CCc1cc(P)ccc1-2. The third-order valence-electron chi connectivity index (χ3n) is 6.31. The van der Waals surface area contributed by atoms with Crippen molar-refractivity contribution >= 4 is 26.3 Å². The Morgan fingerprint density at radius 1 is 0.970 bits per heavy atom. The van der Waals surface area contributed by atoms with Crippen LogP contribution in [0.25, 0.3) is 11.3 Å². The maximum absolute atomic E-state index is 12.8. The van der Waals surface area contributed by atoms with Crippen LogP contribution in [0.4, 0.5) is 5.82 Å². The van der Waals surface area contributed by atoms with E-state index in [0.717, 1.165) is 49.2 Å². The van der Waals surface area contributed by atoms with Crippen LogP contribution in [0.3, 0.4) is 0 Å². The van der Waals surface area contributed by atoms with Crippen LogP contribution in [0.2, 0.25) is 0 Å². The number of benzene rings is 2. The summed E-state index contributed by atoms with van der Waals surface area (Å²) in [6.45, 7) is 2.23. The third-order valence-corrected chi connectivity index (χ3v) is 6.67. The van der Waals surface area contributed by atoms with Crippen LogP contribution < -0.4 is 10.6 Å². The smallest absolute Gasteiger partial charge is 0.225 e. The number of anilines is 1. The van der Waals surface area contributed by atoms with Crippen molar-refractivity contribution in [1.82, 2.24) is 9.97 Å². The number of fused-ring (bicyclic) bond motifs is 3. The number of hydrogen-bond acceptors (Lipinski definition) is 3. The fourth-order valence-electron chi connectivity index (χ4n) is 4.47. The third kappa shape index (κ3) is 6.26. The van der Waals surface area contributed by atoms with E-state index in [2.05, 4.69) is 51.8 Å². The van der Waals surface area contributed by atoms with Crippen LogP contribution in [0, 0.1) is 0 Å². The molecule has 1 unspecified atom stereocenters.